The molecule has 1 aromatic carbocycles. The normalized spacial score (nSPS) is 12.9. The Balaban J connectivity index is 2.89. The van der Waals surface area contributed by atoms with Gasteiger partial charge in [-0.2, -0.15) is 0 Å². The van der Waals surface area contributed by atoms with E-state index < -0.39 is 9.84 Å². The Labute approximate surface area is 118 Å². The second-order valence-electron chi connectivity index (χ2n) is 4.77. The van der Waals surface area contributed by atoms with Gasteiger partial charge in [0.05, 0.1) is 10.6 Å². The number of rotatable bonds is 6. The molecule has 0 aliphatic carbocycles. The zero-order valence-electron chi connectivity index (χ0n) is 11.6. The summed E-state index contributed by atoms with van der Waals surface area (Å²) >= 11 is 0. The highest BCUT2D eigenvalue weighted by atomic mass is 32.2. The first-order valence-electron chi connectivity index (χ1n) is 6.29. The minimum absolute atomic E-state index is 0.0419. The fraction of sp³-hybridized carbons (Fsp3) is 0.462. The molecule has 0 heterocycles. The Bertz CT molecular complexity index is 584. The van der Waals surface area contributed by atoms with Crippen LogP contribution in [0.1, 0.15) is 19.8 Å². The van der Waals surface area contributed by atoms with E-state index in [-0.39, 0.29) is 28.2 Å². The highest BCUT2D eigenvalue weighted by Gasteiger charge is 2.16. The van der Waals surface area contributed by atoms with E-state index in [0.717, 1.165) is 12.7 Å². The van der Waals surface area contributed by atoms with Crippen molar-refractivity contribution in [2.45, 2.75) is 24.7 Å². The van der Waals surface area contributed by atoms with Gasteiger partial charge < -0.3 is 16.2 Å². The zero-order chi connectivity index (χ0) is 15.3. The Morgan fingerprint density at radius 3 is 2.65 bits per heavy atom. The van der Waals surface area contributed by atoms with Gasteiger partial charge in [-0.25, -0.2) is 8.42 Å². The van der Waals surface area contributed by atoms with Gasteiger partial charge in [0.25, 0.3) is 0 Å². The van der Waals surface area contributed by atoms with E-state index in [9.17, 15) is 18.3 Å². The maximum Gasteiger partial charge on any atom is 0.227 e. The van der Waals surface area contributed by atoms with Crippen LogP contribution < -0.4 is 11.1 Å². The zero-order valence-corrected chi connectivity index (χ0v) is 12.4. The molecule has 1 amide bonds. The maximum absolute atomic E-state index is 11.9. The van der Waals surface area contributed by atoms with Crippen LogP contribution in [0.25, 0.3) is 0 Å². The first-order chi connectivity index (χ1) is 9.25. The summed E-state index contributed by atoms with van der Waals surface area (Å²) < 4.78 is 22.9. The monoisotopic (exact) mass is 300 g/mol. The number of carbonyl (C=O) groups excluding carboxylic acids is 1. The SMILES string of the molecule is CC(CCCN)C(=O)Nc1cc(S(C)(=O)=O)ccc1O. The summed E-state index contributed by atoms with van der Waals surface area (Å²) in [5.74, 6) is -0.712. The first-order valence-corrected chi connectivity index (χ1v) is 8.19. The third-order valence-corrected chi connectivity index (χ3v) is 4.05. The van der Waals surface area contributed by atoms with Crippen LogP contribution in [0.5, 0.6) is 5.75 Å². The number of nitrogens with two attached hydrogens (primary N) is 1. The van der Waals surface area contributed by atoms with Crippen molar-refractivity contribution < 1.29 is 18.3 Å². The number of benzene rings is 1. The molecule has 0 aliphatic rings. The number of hydrogen-bond acceptors (Lipinski definition) is 5. The first kappa shape index (κ1) is 16.5. The van der Waals surface area contributed by atoms with Crippen LogP contribution in [-0.4, -0.2) is 32.2 Å². The molecule has 0 bridgehead atoms. The number of phenolic OH excluding ortho intramolecular Hbond substituents is 1. The number of nitrogens with one attached hydrogen (secondary N) is 1. The van der Waals surface area contributed by atoms with Crippen molar-refractivity contribution >= 4 is 21.4 Å². The molecule has 0 fully saturated rings. The van der Waals surface area contributed by atoms with Crippen LogP contribution in [0.4, 0.5) is 5.69 Å². The summed E-state index contributed by atoms with van der Waals surface area (Å²) in [6.07, 6.45) is 2.42. The second-order valence-corrected chi connectivity index (χ2v) is 6.79. The number of aromatic hydroxyl groups is 1. The van der Waals surface area contributed by atoms with Crippen molar-refractivity contribution in [1.82, 2.24) is 0 Å². The maximum atomic E-state index is 11.9. The Morgan fingerprint density at radius 1 is 1.45 bits per heavy atom. The molecular formula is C13H20N2O4S. The largest absolute Gasteiger partial charge is 0.506 e. The fourth-order valence-electron chi connectivity index (χ4n) is 1.66. The highest BCUT2D eigenvalue weighted by molar-refractivity contribution is 7.90. The van der Waals surface area contributed by atoms with E-state index in [1.165, 1.54) is 18.2 Å². The minimum atomic E-state index is -3.39. The number of sulfone groups is 1. The summed E-state index contributed by atoms with van der Waals surface area (Å²) in [4.78, 5) is 12.0. The molecule has 7 heteroatoms. The molecule has 0 spiro atoms. The summed E-state index contributed by atoms with van der Waals surface area (Å²) in [7, 11) is -3.39. The van der Waals surface area contributed by atoms with Crippen molar-refractivity contribution in [2.75, 3.05) is 18.1 Å². The number of anilines is 1. The molecule has 0 radical (unpaired) electrons. The Kier molecular flexibility index (Phi) is 5.52. The standard InChI is InChI=1S/C13H20N2O4S/c1-9(4-3-7-14)13(17)15-11-8-10(20(2,18)19)5-6-12(11)16/h5-6,8-9,16H,3-4,7,14H2,1-2H3,(H,15,17). The smallest absolute Gasteiger partial charge is 0.227 e. The molecule has 0 aromatic heterocycles. The quantitative estimate of drug-likeness (QED) is 0.682. The molecule has 1 aromatic rings. The predicted molar refractivity (Wildman–Crippen MR) is 77.3 cm³/mol. The molecule has 0 saturated heterocycles. The number of carbonyl (C=O) groups is 1. The third kappa shape index (κ3) is 4.50. The van der Waals surface area contributed by atoms with Gasteiger partial charge in [-0.1, -0.05) is 6.92 Å². The molecule has 6 nitrogen and oxygen atoms in total. The molecule has 1 unspecified atom stereocenters. The van der Waals surface area contributed by atoms with E-state index in [4.69, 9.17) is 5.73 Å². The topological polar surface area (TPSA) is 109 Å². The molecule has 0 aliphatic heterocycles. The lowest BCUT2D eigenvalue weighted by molar-refractivity contribution is -0.119. The molecule has 20 heavy (non-hydrogen) atoms. The number of amides is 1. The van der Waals surface area contributed by atoms with Gasteiger partial charge in [-0.05, 0) is 37.6 Å². The van der Waals surface area contributed by atoms with Gasteiger partial charge >= 0.3 is 0 Å². The molecule has 4 N–H and O–H groups in total. The molecule has 1 rings (SSSR count). The van der Waals surface area contributed by atoms with Crippen molar-refractivity contribution in [3.05, 3.63) is 18.2 Å². The van der Waals surface area contributed by atoms with Gasteiger partial charge in [0.2, 0.25) is 5.91 Å². The lowest BCUT2D eigenvalue weighted by Gasteiger charge is -2.13. The van der Waals surface area contributed by atoms with Gasteiger partial charge in [0, 0.05) is 12.2 Å². The summed E-state index contributed by atoms with van der Waals surface area (Å²) in [5, 5.41) is 12.2. The van der Waals surface area contributed by atoms with Crippen molar-refractivity contribution in [1.29, 1.82) is 0 Å². The van der Waals surface area contributed by atoms with Gasteiger partial charge in [0.15, 0.2) is 9.84 Å². The summed E-state index contributed by atoms with van der Waals surface area (Å²) in [6.45, 7) is 2.26. The lowest BCUT2D eigenvalue weighted by Crippen LogP contribution is -2.21. The average Bonchev–Trinajstić information content (AvgIpc) is 2.37. The van der Waals surface area contributed by atoms with Crippen LogP contribution in [0.2, 0.25) is 0 Å². The van der Waals surface area contributed by atoms with Gasteiger partial charge in [0.1, 0.15) is 5.75 Å². The van der Waals surface area contributed by atoms with Crippen LogP contribution in [-0.2, 0) is 14.6 Å². The average molecular weight is 300 g/mol. The Morgan fingerprint density at radius 2 is 2.10 bits per heavy atom. The molecule has 0 saturated carbocycles. The number of phenols is 1. The third-order valence-electron chi connectivity index (χ3n) is 2.94. The van der Waals surface area contributed by atoms with Crippen molar-refractivity contribution in [2.24, 2.45) is 11.7 Å². The molecule has 1 atom stereocenters. The Hall–Kier alpha value is -1.60. The van der Waals surface area contributed by atoms with E-state index in [1.54, 1.807) is 6.92 Å². The van der Waals surface area contributed by atoms with Crippen LogP contribution in [0.3, 0.4) is 0 Å². The summed E-state index contributed by atoms with van der Waals surface area (Å²) in [5.41, 5.74) is 5.48. The predicted octanol–water partition coefficient (Wildman–Crippen LogP) is 1.11. The van der Waals surface area contributed by atoms with E-state index in [0.29, 0.717) is 13.0 Å². The van der Waals surface area contributed by atoms with E-state index in [1.807, 2.05) is 0 Å². The summed E-state index contributed by atoms with van der Waals surface area (Å²) in [6, 6.07) is 3.78. The van der Waals surface area contributed by atoms with E-state index >= 15 is 0 Å². The van der Waals surface area contributed by atoms with Crippen LogP contribution in [0.15, 0.2) is 23.1 Å². The van der Waals surface area contributed by atoms with Crippen LogP contribution in [0, 0.1) is 5.92 Å². The van der Waals surface area contributed by atoms with Crippen molar-refractivity contribution in [3.8, 4) is 5.75 Å². The minimum Gasteiger partial charge on any atom is -0.506 e. The lowest BCUT2D eigenvalue weighted by atomic mass is 10.0. The van der Waals surface area contributed by atoms with Crippen molar-refractivity contribution in [3.63, 3.8) is 0 Å². The van der Waals surface area contributed by atoms with E-state index in [2.05, 4.69) is 5.32 Å². The second kappa shape index (κ2) is 6.71. The molecular weight excluding hydrogens is 280 g/mol. The number of hydrogen-bond donors (Lipinski definition) is 3. The van der Waals surface area contributed by atoms with Gasteiger partial charge in [-0.15, -0.1) is 0 Å². The fourth-order valence-corrected chi connectivity index (χ4v) is 2.30. The highest BCUT2D eigenvalue weighted by Crippen LogP contribution is 2.27. The van der Waals surface area contributed by atoms with Crippen LogP contribution >= 0.6 is 0 Å². The van der Waals surface area contributed by atoms with Gasteiger partial charge in [-0.3, -0.25) is 4.79 Å². The molecule has 112 valence electrons.